The van der Waals surface area contributed by atoms with Crippen LogP contribution >= 0.6 is 0 Å². The van der Waals surface area contributed by atoms with Crippen LogP contribution in [0.25, 0.3) is 0 Å². The number of carboxylic acid groups (broad SMARTS) is 1. The third-order valence-corrected chi connectivity index (χ3v) is 3.60. The molecule has 0 aromatic heterocycles. The number of urea groups is 1. The van der Waals surface area contributed by atoms with E-state index < -0.39 is 18.0 Å². The Balaban J connectivity index is 2.50. The maximum Gasteiger partial charge on any atom is 0.326 e. The second-order valence-corrected chi connectivity index (χ2v) is 5.21. The van der Waals surface area contributed by atoms with Crippen LogP contribution in [0.5, 0.6) is 0 Å². The Hall–Kier alpha value is -1.79. The Kier molecular flexibility index (Phi) is 7.56. The van der Waals surface area contributed by atoms with E-state index in [4.69, 9.17) is 5.11 Å². The molecule has 1 heterocycles. The van der Waals surface area contributed by atoms with Gasteiger partial charge in [0, 0.05) is 19.5 Å². The van der Waals surface area contributed by atoms with E-state index in [1.165, 1.54) is 13.5 Å². The molecule has 1 aliphatic heterocycles. The summed E-state index contributed by atoms with van der Waals surface area (Å²) in [7, 11) is 1.25. The van der Waals surface area contributed by atoms with Crippen molar-refractivity contribution in [2.24, 2.45) is 0 Å². The molecule has 0 unspecified atom stereocenters. The van der Waals surface area contributed by atoms with Crippen molar-refractivity contribution in [3.63, 3.8) is 0 Å². The number of ether oxygens (including phenoxy) is 1. The van der Waals surface area contributed by atoms with Gasteiger partial charge in [-0.05, 0) is 19.3 Å². The van der Waals surface area contributed by atoms with Gasteiger partial charge in [-0.1, -0.05) is 19.3 Å². The van der Waals surface area contributed by atoms with Gasteiger partial charge in [0.2, 0.25) is 0 Å². The maximum absolute atomic E-state index is 12.1. The maximum atomic E-state index is 12.1. The molecule has 0 aromatic rings. The van der Waals surface area contributed by atoms with E-state index in [0.29, 0.717) is 13.1 Å². The van der Waals surface area contributed by atoms with Crippen molar-refractivity contribution < 1.29 is 24.2 Å². The fourth-order valence-corrected chi connectivity index (χ4v) is 2.31. The Labute approximate surface area is 124 Å². The number of carbonyl (C=O) groups is 3. The molecule has 1 fully saturated rings. The number of nitrogens with one attached hydrogen (secondary N) is 1. The van der Waals surface area contributed by atoms with Crippen molar-refractivity contribution in [2.45, 2.75) is 51.0 Å². The summed E-state index contributed by atoms with van der Waals surface area (Å²) in [4.78, 5) is 36.0. The zero-order valence-electron chi connectivity index (χ0n) is 12.5. The molecule has 1 aliphatic rings. The van der Waals surface area contributed by atoms with Crippen LogP contribution in [0.2, 0.25) is 0 Å². The molecule has 7 heteroatoms. The number of rotatable bonds is 5. The molecule has 1 rings (SSSR count). The standard InChI is InChI=1S/C14H24N2O5/c1-21-12(17)8-7-11(13(18)19)15-14(20)16-9-5-3-2-4-6-10-16/h11H,2-10H2,1H3,(H,15,20)(H,18,19)/t11-/m1/s1. The SMILES string of the molecule is COC(=O)CC[C@@H](NC(=O)N1CCCCCCC1)C(=O)O. The Bertz CT molecular complexity index is 364. The summed E-state index contributed by atoms with van der Waals surface area (Å²) >= 11 is 0. The quantitative estimate of drug-likeness (QED) is 0.748. The van der Waals surface area contributed by atoms with E-state index in [1.807, 2.05) is 0 Å². The lowest BCUT2D eigenvalue weighted by Gasteiger charge is -2.26. The van der Waals surface area contributed by atoms with Gasteiger partial charge >= 0.3 is 18.0 Å². The first-order valence-corrected chi connectivity index (χ1v) is 7.39. The highest BCUT2D eigenvalue weighted by Gasteiger charge is 2.24. The highest BCUT2D eigenvalue weighted by Crippen LogP contribution is 2.11. The number of hydrogen-bond acceptors (Lipinski definition) is 4. The van der Waals surface area contributed by atoms with Gasteiger partial charge in [0.05, 0.1) is 7.11 Å². The first-order chi connectivity index (χ1) is 10.0. The normalized spacial score (nSPS) is 17.3. The highest BCUT2D eigenvalue weighted by atomic mass is 16.5. The second-order valence-electron chi connectivity index (χ2n) is 5.21. The van der Waals surface area contributed by atoms with E-state index in [-0.39, 0.29) is 18.9 Å². The van der Waals surface area contributed by atoms with Gasteiger partial charge in [-0.25, -0.2) is 9.59 Å². The third-order valence-electron chi connectivity index (χ3n) is 3.60. The van der Waals surface area contributed by atoms with Gasteiger partial charge in [0.1, 0.15) is 6.04 Å². The summed E-state index contributed by atoms with van der Waals surface area (Å²) in [6.45, 7) is 1.30. The van der Waals surface area contributed by atoms with Crippen LogP contribution in [-0.4, -0.2) is 54.2 Å². The zero-order chi connectivity index (χ0) is 15.7. The molecular formula is C14H24N2O5. The van der Waals surface area contributed by atoms with Gasteiger partial charge < -0.3 is 20.1 Å². The number of carbonyl (C=O) groups excluding carboxylic acids is 2. The minimum Gasteiger partial charge on any atom is -0.480 e. The van der Waals surface area contributed by atoms with Crippen molar-refractivity contribution in [2.75, 3.05) is 20.2 Å². The average molecular weight is 300 g/mol. The number of hydrogen-bond donors (Lipinski definition) is 2. The van der Waals surface area contributed by atoms with Crippen molar-refractivity contribution in [1.82, 2.24) is 10.2 Å². The molecule has 0 aliphatic carbocycles. The smallest absolute Gasteiger partial charge is 0.326 e. The minimum atomic E-state index is -1.14. The van der Waals surface area contributed by atoms with E-state index in [2.05, 4.69) is 10.1 Å². The molecule has 1 atom stereocenters. The molecule has 7 nitrogen and oxygen atoms in total. The lowest BCUT2D eigenvalue weighted by molar-refractivity contribution is -0.142. The summed E-state index contributed by atoms with van der Waals surface area (Å²) < 4.78 is 4.48. The summed E-state index contributed by atoms with van der Waals surface area (Å²) in [5, 5.41) is 11.6. The van der Waals surface area contributed by atoms with Crippen LogP contribution in [0.1, 0.15) is 44.9 Å². The van der Waals surface area contributed by atoms with Gasteiger partial charge in [-0.3, -0.25) is 4.79 Å². The molecule has 21 heavy (non-hydrogen) atoms. The average Bonchev–Trinajstić information content (AvgIpc) is 2.41. The fourth-order valence-electron chi connectivity index (χ4n) is 2.31. The van der Waals surface area contributed by atoms with E-state index in [1.54, 1.807) is 4.90 Å². The number of amides is 2. The molecule has 0 radical (unpaired) electrons. The molecule has 0 saturated carbocycles. The number of aliphatic carboxylic acids is 1. The van der Waals surface area contributed by atoms with E-state index in [0.717, 1.165) is 25.7 Å². The van der Waals surface area contributed by atoms with Crippen LogP contribution in [-0.2, 0) is 14.3 Å². The number of likely N-dealkylation sites (tertiary alicyclic amines) is 1. The number of carboxylic acids is 1. The van der Waals surface area contributed by atoms with Gasteiger partial charge in [0.15, 0.2) is 0 Å². The topological polar surface area (TPSA) is 95.9 Å². The third kappa shape index (κ3) is 6.46. The predicted octanol–water partition coefficient (Wildman–Crippen LogP) is 1.37. The Morgan fingerprint density at radius 3 is 2.24 bits per heavy atom. The largest absolute Gasteiger partial charge is 0.480 e. The highest BCUT2D eigenvalue weighted by molar-refractivity contribution is 5.83. The first-order valence-electron chi connectivity index (χ1n) is 7.39. The molecule has 2 amide bonds. The number of esters is 1. The summed E-state index contributed by atoms with van der Waals surface area (Å²) in [5.74, 6) is -1.62. The van der Waals surface area contributed by atoms with Crippen LogP contribution in [0.4, 0.5) is 4.79 Å². The molecule has 120 valence electrons. The van der Waals surface area contributed by atoms with Crippen molar-refractivity contribution in [3.05, 3.63) is 0 Å². The summed E-state index contributed by atoms with van der Waals surface area (Å²) in [6.07, 6.45) is 5.24. The number of methoxy groups -OCH3 is 1. The van der Waals surface area contributed by atoms with Crippen molar-refractivity contribution in [3.8, 4) is 0 Å². The summed E-state index contributed by atoms with van der Waals surface area (Å²) in [5.41, 5.74) is 0. The van der Waals surface area contributed by atoms with E-state index in [9.17, 15) is 14.4 Å². The van der Waals surface area contributed by atoms with Gasteiger partial charge in [-0.15, -0.1) is 0 Å². The lowest BCUT2D eigenvalue weighted by Crippen LogP contribution is -2.48. The van der Waals surface area contributed by atoms with Crippen LogP contribution in [0, 0.1) is 0 Å². The Morgan fingerprint density at radius 2 is 1.71 bits per heavy atom. The lowest BCUT2D eigenvalue weighted by atomic mass is 10.1. The fraction of sp³-hybridized carbons (Fsp3) is 0.786. The molecule has 0 aromatic carbocycles. The van der Waals surface area contributed by atoms with E-state index >= 15 is 0 Å². The molecule has 0 spiro atoms. The predicted molar refractivity (Wildman–Crippen MR) is 75.9 cm³/mol. The number of nitrogens with zero attached hydrogens (tertiary/aromatic N) is 1. The zero-order valence-corrected chi connectivity index (χ0v) is 12.5. The van der Waals surface area contributed by atoms with Gasteiger partial charge in [-0.2, -0.15) is 0 Å². The Morgan fingerprint density at radius 1 is 1.14 bits per heavy atom. The molecule has 0 bridgehead atoms. The monoisotopic (exact) mass is 300 g/mol. The molecule has 1 saturated heterocycles. The molecule has 2 N–H and O–H groups in total. The van der Waals surface area contributed by atoms with Crippen LogP contribution in [0.3, 0.4) is 0 Å². The van der Waals surface area contributed by atoms with Crippen molar-refractivity contribution in [1.29, 1.82) is 0 Å². The first kappa shape index (κ1) is 17.3. The van der Waals surface area contributed by atoms with Crippen LogP contribution < -0.4 is 5.32 Å². The molecular weight excluding hydrogens is 276 g/mol. The summed E-state index contributed by atoms with van der Waals surface area (Å²) in [6, 6.07) is -1.43. The van der Waals surface area contributed by atoms with Crippen molar-refractivity contribution >= 4 is 18.0 Å². The van der Waals surface area contributed by atoms with Gasteiger partial charge in [0.25, 0.3) is 0 Å². The second kappa shape index (κ2) is 9.20. The van der Waals surface area contributed by atoms with Crippen LogP contribution in [0.15, 0.2) is 0 Å². The minimum absolute atomic E-state index is 0.0294.